The van der Waals surface area contributed by atoms with Crippen molar-refractivity contribution in [1.29, 1.82) is 0 Å². The van der Waals surface area contributed by atoms with Gasteiger partial charge in [-0.2, -0.15) is 0 Å². The van der Waals surface area contributed by atoms with Gasteiger partial charge in [-0.05, 0) is 12.5 Å². The lowest BCUT2D eigenvalue weighted by Gasteiger charge is -1.98. The molecule has 2 N–H and O–H groups in total. The molecule has 0 bridgehead atoms. The van der Waals surface area contributed by atoms with Gasteiger partial charge < -0.3 is 10.1 Å². The van der Waals surface area contributed by atoms with Gasteiger partial charge in [0.25, 0.3) is 0 Å². The molecule has 0 fully saturated rings. The van der Waals surface area contributed by atoms with Gasteiger partial charge in [0.15, 0.2) is 0 Å². The summed E-state index contributed by atoms with van der Waals surface area (Å²) in [5.74, 6) is -1.02. The Morgan fingerprint density at radius 2 is 2.06 bits per heavy atom. The van der Waals surface area contributed by atoms with Gasteiger partial charge in [-0.1, -0.05) is 30.3 Å². The summed E-state index contributed by atoms with van der Waals surface area (Å²) in [7, 11) is 0. The predicted molar refractivity (Wildman–Crippen MR) is 59.5 cm³/mol. The molecule has 2 rings (SSSR count). The molecule has 0 unspecified atom stereocenters. The third-order valence-electron chi connectivity index (χ3n) is 2.40. The van der Waals surface area contributed by atoms with Crippen molar-refractivity contribution in [2.24, 2.45) is 0 Å². The van der Waals surface area contributed by atoms with Gasteiger partial charge in [-0.25, -0.2) is 9.78 Å². The first-order valence-electron chi connectivity index (χ1n) is 4.99. The fourth-order valence-corrected chi connectivity index (χ4v) is 1.56. The highest BCUT2D eigenvalue weighted by Crippen LogP contribution is 2.11. The smallest absolute Gasteiger partial charge is 0.371 e. The van der Waals surface area contributed by atoms with Crippen LogP contribution in [0, 0.1) is 6.92 Å². The first-order chi connectivity index (χ1) is 7.66. The van der Waals surface area contributed by atoms with E-state index in [-0.39, 0.29) is 5.82 Å². The summed E-state index contributed by atoms with van der Waals surface area (Å²) >= 11 is 0. The molecule has 1 heterocycles. The minimum Gasteiger partial charge on any atom is -0.475 e. The standard InChI is InChI=1S/C12H12N2O2/c1-8-10(14-11(13-8)12(15)16)7-9-5-3-2-4-6-9/h2-6H,7H2,1H3,(H,13,14)(H,15,16). The van der Waals surface area contributed by atoms with E-state index in [1.54, 1.807) is 0 Å². The molecular formula is C12H12N2O2. The van der Waals surface area contributed by atoms with Gasteiger partial charge in [0.1, 0.15) is 0 Å². The topological polar surface area (TPSA) is 66.0 Å². The zero-order valence-electron chi connectivity index (χ0n) is 8.90. The Balaban J connectivity index is 2.25. The number of aromatic amines is 1. The Kier molecular flexibility index (Phi) is 2.72. The Labute approximate surface area is 93.0 Å². The number of carboxylic acids is 1. The number of hydrogen-bond acceptors (Lipinski definition) is 2. The van der Waals surface area contributed by atoms with Crippen molar-refractivity contribution in [2.75, 3.05) is 0 Å². The molecule has 16 heavy (non-hydrogen) atoms. The van der Waals surface area contributed by atoms with Crippen molar-refractivity contribution >= 4 is 5.97 Å². The van der Waals surface area contributed by atoms with Crippen molar-refractivity contribution in [3.05, 3.63) is 53.1 Å². The summed E-state index contributed by atoms with van der Waals surface area (Å²) in [5.41, 5.74) is 2.71. The van der Waals surface area contributed by atoms with Crippen LogP contribution in [0.15, 0.2) is 30.3 Å². The van der Waals surface area contributed by atoms with E-state index in [0.29, 0.717) is 6.42 Å². The van der Waals surface area contributed by atoms with Crippen LogP contribution in [-0.4, -0.2) is 21.0 Å². The average molecular weight is 216 g/mol. The van der Waals surface area contributed by atoms with Gasteiger partial charge in [0.05, 0.1) is 5.69 Å². The maximum atomic E-state index is 10.7. The molecular weight excluding hydrogens is 204 g/mol. The summed E-state index contributed by atoms with van der Waals surface area (Å²) in [6.45, 7) is 1.83. The van der Waals surface area contributed by atoms with Crippen LogP contribution in [0.1, 0.15) is 27.6 Å². The van der Waals surface area contributed by atoms with Crippen LogP contribution in [-0.2, 0) is 6.42 Å². The van der Waals surface area contributed by atoms with Crippen molar-refractivity contribution in [3.63, 3.8) is 0 Å². The van der Waals surface area contributed by atoms with Gasteiger partial charge >= 0.3 is 5.97 Å². The maximum absolute atomic E-state index is 10.7. The summed E-state index contributed by atoms with van der Waals surface area (Å²) in [6, 6.07) is 9.84. The van der Waals surface area contributed by atoms with Crippen LogP contribution in [0.5, 0.6) is 0 Å². The molecule has 0 spiro atoms. The molecule has 0 aliphatic rings. The number of aromatic carboxylic acids is 1. The molecule has 0 saturated carbocycles. The first-order valence-corrected chi connectivity index (χ1v) is 4.99. The third kappa shape index (κ3) is 2.11. The fraction of sp³-hybridized carbons (Fsp3) is 0.167. The zero-order valence-corrected chi connectivity index (χ0v) is 8.90. The van der Waals surface area contributed by atoms with Crippen molar-refractivity contribution in [3.8, 4) is 0 Å². The van der Waals surface area contributed by atoms with E-state index in [4.69, 9.17) is 5.11 Å². The molecule has 0 radical (unpaired) electrons. The van der Waals surface area contributed by atoms with E-state index in [1.807, 2.05) is 37.3 Å². The number of aromatic nitrogens is 2. The van der Waals surface area contributed by atoms with E-state index >= 15 is 0 Å². The number of H-pyrrole nitrogens is 1. The van der Waals surface area contributed by atoms with Gasteiger partial charge in [0.2, 0.25) is 5.82 Å². The lowest BCUT2D eigenvalue weighted by molar-refractivity contribution is 0.0684. The highest BCUT2D eigenvalue weighted by molar-refractivity contribution is 5.83. The van der Waals surface area contributed by atoms with E-state index in [2.05, 4.69) is 9.97 Å². The second kappa shape index (κ2) is 4.18. The minimum atomic E-state index is -1.03. The number of carboxylic acid groups (broad SMARTS) is 1. The van der Waals surface area contributed by atoms with Crippen LogP contribution in [0.3, 0.4) is 0 Å². The average Bonchev–Trinajstić information content (AvgIpc) is 2.62. The molecule has 0 aliphatic heterocycles. The molecule has 1 aromatic carbocycles. The minimum absolute atomic E-state index is 0.00318. The van der Waals surface area contributed by atoms with Crippen LogP contribution in [0.4, 0.5) is 0 Å². The highest BCUT2D eigenvalue weighted by Gasteiger charge is 2.12. The van der Waals surface area contributed by atoms with E-state index in [9.17, 15) is 4.79 Å². The number of benzene rings is 1. The number of carbonyl (C=O) groups is 1. The van der Waals surface area contributed by atoms with Gasteiger partial charge in [-0.3, -0.25) is 0 Å². The van der Waals surface area contributed by atoms with Crippen LogP contribution in [0.25, 0.3) is 0 Å². The summed E-state index contributed by atoms with van der Waals surface area (Å²) in [6.07, 6.45) is 0.649. The Bertz CT molecular complexity index is 503. The predicted octanol–water partition coefficient (Wildman–Crippen LogP) is 2.01. The molecule has 2 aromatic rings. The van der Waals surface area contributed by atoms with E-state index in [1.165, 1.54) is 0 Å². The molecule has 82 valence electrons. The number of imidazole rings is 1. The number of aryl methyl sites for hydroxylation is 1. The van der Waals surface area contributed by atoms with Crippen molar-refractivity contribution in [2.45, 2.75) is 13.3 Å². The monoisotopic (exact) mass is 216 g/mol. The van der Waals surface area contributed by atoms with Crippen LogP contribution < -0.4 is 0 Å². The molecule has 0 aliphatic carbocycles. The largest absolute Gasteiger partial charge is 0.475 e. The third-order valence-corrected chi connectivity index (χ3v) is 2.40. The van der Waals surface area contributed by atoms with Gasteiger partial charge in [0, 0.05) is 12.1 Å². The van der Waals surface area contributed by atoms with E-state index in [0.717, 1.165) is 17.0 Å². The normalized spacial score (nSPS) is 10.3. The lowest BCUT2D eigenvalue weighted by atomic mass is 10.1. The van der Waals surface area contributed by atoms with E-state index < -0.39 is 5.97 Å². The number of hydrogen-bond donors (Lipinski definition) is 2. The highest BCUT2D eigenvalue weighted by atomic mass is 16.4. The Morgan fingerprint density at radius 1 is 1.38 bits per heavy atom. The SMILES string of the molecule is Cc1[nH]c(C(=O)O)nc1Cc1ccccc1. The summed E-state index contributed by atoms with van der Waals surface area (Å²) in [4.78, 5) is 17.5. The quantitative estimate of drug-likeness (QED) is 0.824. The van der Waals surface area contributed by atoms with Crippen molar-refractivity contribution < 1.29 is 9.90 Å². The van der Waals surface area contributed by atoms with Crippen LogP contribution >= 0.6 is 0 Å². The second-order valence-electron chi connectivity index (χ2n) is 3.62. The molecule has 4 nitrogen and oxygen atoms in total. The number of rotatable bonds is 3. The summed E-state index contributed by atoms with van der Waals surface area (Å²) < 4.78 is 0. The Hall–Kier alpha value is -2.10. The number of nitrogens with one attached hydrogen (secondary N) is 1. The molecule has 0 atom stereocenters. The first kappa shape index (κ1) is 10.4. The zero-order chi connectivity index (χ0) is 11.5. The van der Waals surface area contributed by atoms with Crippen LogP contribution in [0.2, 0.25) is 0 Å². The fourth-order valence-electron chi connectivity index (χ4n) is 1.56. The molecule has 0 saturated heterocycles. The number of nitrogens with zero attached hydrogens (tertiary/aromatic N) is 1. The van der Waals surface area contributed by atoms with Gasteiger partial charge in [-0.15, -0.1) is 0 Å². The lowest BCUT2D eigenvalue weighted by Crippen LogP contribution is -1.99. The molecule has 1 aromatic heterocycles. The summed E-state index contributed by atoms with van der Waals surface area (Å²) in [5, 5.41) is 8.79. The Morgan fingerprint density at radius 3 is 2.62 bits per heavy atom. The maximum Gasteiger partial charge on any atom is 0.371 e. The second-order valence-corrected chi connectivity index (χ2v) is 3.62. The molecule has 4 heteroatoms. The molecule has 0 amide bonds. The van der Waals surface area contributed by atoms with Crippen molar-refractivity contribution in [1.82, 2.24) is 9.97 Å².